The van der Waals surface area contributed by atoms with Gasteiger partial charge in [0.15, 0.2) is 0 Å². The Bertz CT molecular complexity index is 1030. The summed E-state index contributed by atoms with van der Waals surface area (Å²) in [5.74, 6) is -0.353. The van der Waals surface area contributed by atoms with Gasteiger partial charge in [-0.2, -0.15) is 0 Å². The number of anilines is 1. The zero-order chi connectivity index (χ0) is 20.5. The van der Waals surface area contributed by atoms with Crippen molar-refractivity contribution < 1.29 is 14.3 Å². The van der Waals surface area contributed by atoms with Crippen LogP contribution in [0.5, 0.6) is 0 Å². The average Bonchev–Trinajstić information content (AvgIpc) is 3.47. The molecule has 0 spiro atoms. The lowest BCUT2D eigenvalue weighted by Gasteiger charge is -2.26. The summed E-state index contributed by atoms with van der Waals surface area (Å²) >= 11 is 0. The van der Waals surface area contributed by atoms with Gasteiger partial charge in [-0.05, 0) is 35.2 Å². The van der Waals surface area contributed by atoms with Crippen LogP contribution in [0.15, 0.2) is 84.9 Å². The SMILES string of the molecule is COC(=O)[C@@]1(c2ccccc2)C[C@]1(c1ccccc1)c1ccc(NC(C)=O)cc1. The molecule has 1 saturated carbocycles. The van der Waals surface area contributed by atoms with Gasteiger partial charge in [-0.1, -0.05) is 72.8 Å². The van der Waals surface area contributed by atoms with Gasteiger partial charge < -0.3 is 10.1 Å². The van der Waals surface area contributed by atoms with Crippen molar-refractivity contribution in [2.75, 3.05) is 12.4 Å². The Hall–Kier alpha value is -3.40. The molecule has 0 aliphatic heterocycles. The minimum atomic E-state index is -0.792. The maximum absolute atomic E-state index is 13.2. The number of carbonyl (C=O) groups excluding carboxylic acids is 2. The molecule has 0 bridgehead atoms. The molecule has 2 atom stereocenters. The van der Waals surface area contributed by atoms with Crippen LogP contribution in [-0.2, 0) is 25.2 Å². The Kier molecular flexibility index (Phi) is 4.71. The smallest absolute Gasteiger partial charge is 0.317 e. The summed E-state index contributed by atoms with van der Waals surface area (Å²) in [4.78, 5) is 24.6. The average molecular weight is 385 g/mol. The zero-order valence-electron chi connectivity index (χ0n) is 16.5. The molecule has 0 unspecified atom stereocenters. The number of amides is 1. The lowest BCUT2D eigenvalue weighted by molar-refractivity contribution is -0.144. The van der Waals surface area contributed by atoms with Crippen molar-refractivity contribution in [2.24, 2.45) is 0 Å². The predicted molar refractivity (Wildman–Crippen MR) is 113 cm³/mol. The van der Waals surface area contributed by atoms with Gasteiger partial charge in [0.25, 0.3) is 0 Å². The van der Waals surface area contributed by atoms with E-state index < -0.39 is 10.8 Å². The highest BCUT2D eigenvalue weighted by atomic mass is 16.5. The second-order valence-corrected chi connectivity index (χ2v) is 7.47. The van der Waals surface area contributed by atoms with Crippen molar-refractivity contribution in [3.05, 3.63) is 102 Å². The fraction of sp³-hybridized carbons (Fsp3) is 0.200. The molecule has 1 amide bonds. The van der Waals surface area contributed by atoms with Crippen LogP contribution in [0.2, 0.25) is 0 Å². The number of hydrogen-bond acceptors (Lipinski definition) is 3. The molecule has 3 aromatic carbocycles. The van der Waals surface area contributed by atoms with E-state index in [4.69, 9.17) is 4.74 Å². The van der Waals surface area contributed by atoms with Crippen LogP contribution in [0.1, 0.15) is 30.0 Å². The molecule has 0 heterocycles. The van der Waals surface area contributed by atoms with E-state index in [9.17, 15) is 9.59 Å². The second-order valence-electron chi connectivity index (χ2n) is 7.47. The lowest BCUT2D eigenvalue weighted by Crippen LogP contribution is -2.32. The summed E-state index contributed by atoms with van der Waals surface area (Å²) in [5, 5.41) is 2.80. The summed E-state index contributed by atoms with van der Waals surface area (Å²) < 4.78 is 5.31. The predicted octanol–water partition coefficient (Wildman–Crippen LogP) is 4.45. The molecule has 4 rings (SSSR count). The summed E-state index contributed by atoms with van der Waals surface area (Å²) in [5.41, 5.74) is 2.45. The third-order valence-electron chi connectivity index (χ3n) is 5.90. The standard InChI is InChI=1S/C25H23NO3/c1-18(27)26-22-15-13-21(14-16-22)24(19-9-5-3-6-10-19)17-25(24,23(28)29-2)20-11-7-4-8-12-20/h3-16H,17H2,1-2H3,(H,26,27)/t24-,25-/m0/s1. The Morgan fingerprint density at radius 1 is 0.793 bits per heavy atom. The quantitative estimate of drug-likeness (QED) is 0.661. The number of benzene rings is 3. The van der Waals surface area contributed by atoms with Gasteiger partial charge in [-0.15, -0.1) is 0 Å². The van der Waals surface area contributed by atoms with Gasteiger partial charge in [-0.25, -0.2) is 0 Å². The van der Waals surface area contributed by atoms with Gasteiger partial charge >= 0.3 is 5.97 Å². The fourth-order valence-corrected chi connectivity index (χ4v) is 4.59. The number of rotatable bonds is 5. The Morgan fingerprint density at radius 2 is 1.31 bits per heavy atom. The fourth-order valence-electron chi connectivity index (χ4n) is 4.59. The largest absolute Gasteiger partial charge is 0.468 e. The molecule has 4 heteroatoms. The molecule has 0 saturated heterocycles. The van der Waals surface area contributed by atoms with Gasteiger partial charge in [0, 0.05) is 18.0 Å². The second kappa shape index (κ2) is 7.21. The molecule has 1 N–H and O–H groups in total. The van der Waals surface area contributed by atoms with Crippen LogP contribution in [0.3, 0.4) is 0 Å². The number of nitrogens with one attached hydrogen (secondary N) is 1. The van der Waals surface area contributed by atoms with Gasteiger partial charge in [-0.3, -0.25) is 9.59 Å². The van der Waals surface area contributed by atoms with Crippen LogP contribution in [0, 0.1) is 0 Å². The molecule has 4 nitrogen and oxygen atoms in total. The van der Waals surface area contributed by atoms with E-state index in [1.54, 1.807) is 0 Å². The first-order valence-corrected chi connectivity index (χ1v) is 9.62. The van der Waals surface area contributed by atoms with Crippen molar-refractivity contribution in [3.8, 4) is 0 Å². The van der Waals surface area contributed by atoms with E-state index in [0.29, 0.717) is 6.42 Å². The van der Waals surface area contributed by atoms with Gasteiger partial charge in [0.05, 0.1) is 7.11 Å². The van der Waals surface area contributed by atoms with Crippen molar-refractivity contribution in [3.63, 3.8) is 0 Å². The Labute approximate surface area is 170 Å². The third-order valence-corrected chi connectivity index (χ3v) is 5.90. The normalized spacial score (nSPS) is 22.6. The highest BCUT2D eigenvalue weighted by molar-refractivity contribution is 5.93. The summed E-state index contributed by atoms with van der Waals surface area (Å²) in [6.45, 7) is 1.48. The summed E-state index contributed by atoms with van der Waals surface area (Å²) in [6, 6.07) is 27.7. The van der Waals surface area contributed by atoms with Gasteiger partial charge in [0.1, 0.15) is 5.41 Å². The first-order chi connectivity index (χ1) is 14.0. The van der Waals surface area contributed by atoms with E-state index in [1.807, 2.05) is 72.8 Å². The number of carbonyl (C=O) groups is 2. The Morgan fingerprint density at radius 3 is 1.83 bits per heavy atom. The van der Waals surface area contributed by atoms with E-state index >= 15 is 0 Å². The molecule has 1 fully saturated rings. The van der Waals surface area contributed by atoms with Crippen LogP contribution in [0.25, 0.3) is 0 Å². The molecule has 1 aliphatic rings. The first-order valence-electron chi connectivity index (χ1n) is 9.62. The highest BCUT2D eigenvalue weighted by Gasteiger charge is 2.74. The number of esters is 1. The van der Waals surface area contributed by atoms with E-state index in [-0.39, 0.29) is 11.9 Å². The van der Waals surface area contributed by atoms with Crippen molar-refractivity contribution in [1.29, 1.82) is 0 Å². The van der Waals surface area contributed by atoms with E-state index in [2.05, 4.69) is 17.4 Å². The van der Waals surface area contributed by atoms with Crippen LogP contribution < -0.4 is 5.32 Å². The van der Waals surface area contributed by atoms with Crippen molar-refractivity contribution in [2.45, 2.75) is 24.2 Å². The maximum Gasteiger partial charge on any atom is 0.317 e. The third kappa shape index (κ3) is 2.92. The lowest BCUT2D eigenvalue weighted by atomic mass is 9.77. The van der Waals surface area contributed by atoms with E-state index in [0.717, 1.165) is 22.4 Å². The minimum Gasteiger partial charge on any atom is -0.468 e. The van der Waals surface area contributed by atoms with Crippen molar-refractivity contribution in [1.82, 2.24) is 0 Å². The zero-order valence-corrected chi connectivity index (χ0v) is 16.5. The molecule has 0 radical (unpaired) electrons. The molecule has 29 heavy (non-hydrogen) atoms. The molecule has 146 valence electrons. The van der Waals surface area contributed by atoms with Crippen LogP contribution >= 0.6 is 0 Å². The first kappa shape index (κ1) is 18.9. The van der Waals surface area contributed by atoms with Crippen molar-refractivity contribution >= 4 is 17.6 Å². The van der Waals surface area contributed by atoms with E-state index in [1.165, 1.54) is 14.0 Å². The number of ether oxygens (including phenoxy) is 1. The molecule has 3 aromatic rings. The summed E-state index contributed by atoms with van der Waals surface area (Å²) in [6.07, 6.45) is 0.625. The van der Waals surface area contributed by atoms with Crippen LogP contribution in [-0.4, -0.2) is 19.0 Å². The highest BCUT2D eigenvalue weighted by Crippen LogP contribution is 2.69. The topological polar surface area (TPSA) is 55.4 Å². The Balaban J connectivity index is 1.90. The van der Waals surface area contributed by atoms with Crippen LogP contribution in [0.4, 0.5) is 5.69 Å². The minimum absolute atomic E-state index is 0.116. The summed E-state index contributed by atoms with van der Waals surface area (Å²) in [7, 11) is 1.45. The molecular formula is C25H23NO3. The maximum atomic E-state index is 13.2. The molecular weight excluding hydrogens is 362 g/mol. The van der Waals surface area contributed by atoms with Gasteiger partial charge in [0.2, 0.25) is 5.91 Å². The molecule has 1 aliphatic carbocycles. The number of hydrogen-bond donors (Lipinski definition) is 1. The number of methoxy groups -OCH3 is 1. The monoisotopic (exact) mass is 385 g/mol. The molecule has 0 aromatic heterocycles.